The Balaban J connectivity index is 0.00000108. The van der Waals surface area contributed by atoms with E-state index in [2.05, 4.69) is 4.98 Å². The van der Waals surface area contributed by atoms with Crippen LogP contribution in [0.2, 0.25) is 0 Å². The molecule has 108 valence electrons. The van der Waals surface area contributed by atoms with E-state index >= 15 is 0 Å². The normalized spacial score (nSPS) is 26.4. The lowest BCUT2D eigenvalue weighted by molar-refractivity contribution is 0.0772. The third-order valence-electron chi connectivity index (χ3n) is 3.61. The van der Waals surface area contributed by atoms with Gasteiger partial charge < -0.3 is 10.6 Å². The van der Waals surface area contributed by atoms with Crippen LogP contribution in [0.25, 0.3) is 0 Å². The molecule has 0 radical (unpaired) electrons. The Bertz CT molecular complexity index is 471. The molecule has 2 unspecified atom stereocenters. The fourth-order valence-corrected chi connectivity index (χ4v) is 2.53. The summed E-state index contributed by atoms with van der Waals surface area (Å²) in [5.74, 6) is 0.586. The van der Waals surface area contributed by atoms with Crippen LogP contribution in [0.4, 0.5) is 0 Å². The monoisotopic (exact) mass is 325 g/mol. The van der Waals surface area contributed by atoms with E-state index in [-0.39, 0.29) is 48.7 Å². The fraction of sp³-hybridized carbons (Fsp3) is 0.500. The number of piperidine rings is 1. The number of carbonyl (C=O) groups is 1. The minimum atomic E-state index is -0.0765. The maximum Gasteiger partial charge on any atom is 0.255 e. The standard InChI is InChI=1S/C12H15N3O.3ClH/c1-8-2-9(5-14-4-8)11(16)15-6-10-3-12(10,13)7-15;;;/h2,4-5,10H,3,6-7,13H2,1H3;3*1H. The second-order valence-corrected chi connectivity index (χ2v) is 5.07. The number of halogens is 3. The number of likely N-dealkylation sites (tertiary alicyclic amines) is 1. The lowest BCUT2D eigenvalue weighted by atomic mass is 10.2. The zero-order valence-corrected chi connectivity index (χ0v) is 13.0. The molecular weight excluding hydrogens is 309 g/mol. The van der Waals surface area contributed by atoms with Crippen molar-refractivity contribution in [3.05, 3.63) is 29.6 Å². The molecule has 1 aliphatic heterocycles. The highest BCUT2D eigenvalue weighted by Gasteiger charge is 2.58. The minimum absolute atomic E-state index is 0. The smallest absolute Gasteiger partial charge is 0.255 e. The van der Waals surface area contributed by atoms with Crippen LogP contribution < -0.4 is 5.73 Å². The Morgan fingerprint density at radius 1 is 1.42 bits per heavy atom. The number of nitrogens with zero attached hydrogens (tertiary/aromatic N) is 2. The molecule has 1 saturated heterocycles. The van der Waals surface area contributed by atoms with Gasteiger partial charge in [0.15, 0.2) is 0 Å². The first-order valence-corrected chi connectivity index (χ1v) is 5.58. The molecule has 2 N–H and O–H groups in total. The molecule has 1 amide bonds. The molecule has 4 nitrogen and oxygen atoms in total. The van der Waals surface area contributed by atoms with Gasteiger partial charge in [-0.3, -0.25) is 9.78 Å². The molecule has 2 heterocycles. The highest BCUT2D eigenvalue weighted by molar-refractivity contribution is 5.94. The zero-order chi connectivity index (χ0) is 11.3. The second-order valence-electron chi connectivity index (χ2n) is 5.07. The third kappa shape index (κ3) is 3.31. The van der Waals surface area contributed by atoms with Gasteiger partial charge in [-0.2, -0.15) is 0 Å². The van der Waals surface area contributed by atoms with Crippen LogP contribution in [0.1, 0.15) is 22.3 Å². The molecule has 0 aromatic carbocycles. The van der Waals surface area contributed by atoms with Crippen LogP contribution in [0.5, 0.6) is 0 Å². The van der Waals surface area contributed by atoms with Gasteiger partial charge in [-0.25, -0.2) is 0 Å². The van der Waals surface area contributed by atoms with E-state index in [0.717, 1.165) is 18.5 Å². The van der Waals surface area contributed by atoms with E-state index in [1.165, 1.54) is 0 Å². The summed E-state index contributed by atoms with van der Waals surface area (Å²) in [6.07, 6.45) is 4.45. The molecule has 2 aliphatic rings. The molecular formula is C12H18Cl3N3O. The fourth-order valence-electron chi connectivity index (χ4n) is 2.53. The van der Waals surface area contributed by atoms with Crippen LogP contribution in [-0.4, -0.2) is 34.4 Å². The number of rotatable bonds is 1. The number of aryl methyl sites for hydroxylation is 1. The Morgan fingerprint density at radius 3 is 2.63 bits per heavy atom. The summed E-state index contributed by atoms with van der Waals surface area (Å²) in [5.41, 5.74) is 7.68. The Morgan fingerprint density at radius 2 is 2.11 bits per heavy atom. The van der Waals surface area contributed by atoms with Crippen molar-refractivity contribution >= 4 is 43.1 Å². The molecule has 1 aromatic rings. The van der Waals surface area contributed by atoms with Crippen molar-refractivity contribution in [1.82, 2.24) is 9.88 Å². The molecule has 1 aromatic heterocycles. The molecule has 7 heteroatoms. The first-order valence-electron chi connectivity index (χ1n) is 5.58. The van der Waals surface area contributed by atoms with Crippen molar-refractivity contribution in [3.8, 4) is 0 Å². The van der Waals surface area contributed by atoms with Crippen LogP contribution in [0.15, 0.2) is 18.5 Å². The Labute approximate surface area is 131 Å². The topological polar surface area (TPSA) is 59.2 Å². The van der Waals surface area contributed by atoms with Crippen LogP contribution in [0.3, 0.4) is 0 Å². The van der Waals surface area contributed by atoms with Gasteiger partial charge in [-0.1, -0.05) is 0 Å². The van der Waals surface area contributed by atoms with E-state index < -0.39 is 0 Å². The van der Waals surface area contributed by atoms with Gasteiger partial charge in [0.25, 0.3) is 5.91 Å². The van der Waals surface area contributed by atoms with E-state index in [9.17, 15) is 4.79 Å². The van der Waals surface area contributed by atoms with E-state index in [0.29, 0.717) is 18.0 Å². The van der Waals surface area contributed by atoms with E-state index in [1.807, 2.05) is 17.9 Å². The number of hydrogen-bond donors (Lipinski definition) is 1. The van der Waals surface area contributed by atoms with Gasteiger partial charge >= 0.3 is 0 Å². The third-order valence-corrected chi connectivity index (χ3v) is 3.61. The van der Waals surface area contributed by atoms with Crippen molar-refractivity contribution in [2.24, 2.45) is 11.7 Å². The van der Waals surface area contributed by atoms with Crippen LogP contribution in [0, 0.1) is 12.8 Å². The number of nitrogens with two attached hydrogens (primary N) is 1. The SMILES string of the molecule is Cc1cncc(C(=O)N2CC3CC3(N)C2)c1.Cl.Cl.Cl. The highest BCUT2D eigenvalue weighted by atomic mass is 35.5. The van der Waals surface area contributed by atoms with Crippen LogP contribution >= 0.6 is 37.2 Å². The Kier molecular flexibility index (Phi) is 6.09. The van der Waals surface area contributed by atoms with Crippen molar-refractivity contribution in [1.29, 1.82) is 0 Å². The maximum atomic E-state index is 12.1. The van der Waals surface area contributed by atoms with E-state index in [1.54, 1.807) is 12.4 Å². The summed E-state index contributed by atoms with van der Waals surface area (Å²) in [4.78, 5) is 18.0. The average Bonchev–Trinajstić information content (AvgIpc) is 2.76. The van der Waals surface area contributed by atoms with E-state index in [4.69, 9.17) is 5.73 Å². The molecule has 2 atom stereocenters. The van der Waals surface area contributed by atoms with Crippen molar-refractivity contribution in [2.45, 2.75) is 18.9 Å². The lowest BCUT2D eigenvalue weighted by Gasteiger charge is -2.19. The number of amides is 1. The molecule has 2 fully saturated rings. The van der Waals surface area contributed by atoms with Gasteiger partial charge in [-0.05, 0) is 30.9 Å². The first kappa shape index (κ1) is 18.4. The van der Waals surface area contributed by atoms with Gasteiger partial charge in [0.2, 0.25) is 0 Å². The molecule has 0 spiro atoms. The van der Waals surface area contributed by atoms with Crippen molar-refractivity contribution < 1.29 is 4.79 Å². The minimum Gasteiger partial charge on any atom is -0.336 e. The summed E-state index contributed by atoms with van der Waals surface area (Å²) in [7, 11) is 0. The molecule has 3 rings (SSSR count). The van der Waals surface area contributed by atoms with Crippen molar-refractivity contribution in [3.63, 3.8) is 0 Å². The second kappa shape index (κ2) is 6.27. The summed E-state index contributed by atoms with van der Waals surface area (Å²) in [6.45, 7) is 3.45. The predicted molar refractivity (Wildman–Crippen MR) is 81.6 cm³/mol. The summed E-state index contributed by atoms with van der Waals surface area (Å²) < 4.78 is 0. The summed E-state index contributed by atoms with van der Waals surface area (Å²) in [5, 5.41) is 0. The molecule has 19 heavy (non-hydrogen) atoms. The number of fused-ring (bicyclic) bond motifs is 1. The largest absolute Gasteiger partial charge is 0.336 e. The summed E-state index contributed by atoms with van der Waals surface area (Å²) >= 11 is 0. The molecule has 1 aliphatic carbocycles. The molecule has 0 bridgehead atoms. The number of carbonyl (C=O) groups excluding carboxylic acids is 1. The van der Waals surface area contributed by atoms with Crippen LogP contribution in [-0.2, 0) is 0 Å². The van der Waals surface area contributed by atoms with Gasteiger partial charge in [0, 0.05) is 31.0 Å². The van der Waals surface area contributed by atoms with Crippen molar-refractivity contribution in [2.75, 3.05) is 13.1 Å². The molecule has 1 saturated carbocycles. The first-order chi connectivity index (χ1) is 7.58. The highest BCUT2D eigenvalue weighted by Crippen LogP contribution is 2.47. The predicted octanol–water partition coefficient (Wildman–Crippen LogP) is 1.83. The van der Waals surface area contributed by atoms with Gasteiger partial charge in [0.05, 0.1) is 5.56 Å². The number of hydrogen-bond acceptors (Lipinski definition) is 3. The van der Waals surface area contributed by atoms with Gasteiger partial charge in [-0.15, -0.1) is 37.2 Å². The average molecular weight is 327 g/mol. The zero-order valence-electron chi connectivity index (χ0n) is 10.5. The lowest BCUT2D eigenvalue weighted by Crippen LogP contribution is -2.37. The maximum absolute atomic E-state index is 12.1. The Hall–Kier alpha value is -0.550. The van der Waals surface area contributed by atoms with Gasteiger partial charge in [0.1, 0.15) is 0 Å². The quantitative estimate of drug-likeness (QED) is 0.856. The summed E-state index contributed by atoms with van der Waals surface area (Å²) in [6, 6.07) is 1.88. The number of pyridine rings is 1. The number of aromatic nitrogens is 1.